The van der Waals surface area contributed by atoms with E-state index in [4.69, 9.17) is 10.5 Å². The lowest BCUT2D eigenvalue weighted by Gasteiger charge is -2.12. The van der Waals surface area contributed by atoms with Crippen molar-refractivity contribution in [2.24, 2.45) is 5.73 Å². The fourth-order valence-corrected chi connectivity index (χ4v) is 3.19. The van der Waals surface area contributed by atoms with Crippen LogP contribution in [0.1, 0.15) is 35.4 Å². The van der Waals surface area contributed by atoms with E-state index in [0.717, 1.165) is 31.7 Å². The summed E-state index contributed by atoms with van der Waals surface area (Å²) in [6.07, 6.45) is 4.45. The Hall–Kier alpha value is -1.80. The Balaban J connectivity index is 1.60. The third kappa shape index (κ3) is 3.45. The maximum absolute atomic E-state index is 5.93. The molecule has 21 heavy (non-hydrogen) atoms. The maximum atomic E-state index is 5.93. The number of fused-ring (bicyclic) bond motifs is 1. The molecule has 1 aliphatic rings. The molecule has 0 amide bonds. The summed E-state index contributed by atoms with van der Waals surface area (Å²) >= 11 is 0. The minimum Gasteiger partial charge on any atom is -0.493 e. The van der Waals surface area contributed by atoms with E-state index >= 15 is 0 Å². The van der Waals surface area contributed by atoms with Gasteiger partial charge in [0.1, 0.15) is 5.75 Å². The summed E-state index contributed by atoms with van der Waals surface area (Å²) in [4.78, 5) is 0. The zero-order valence-electron chi connectivity index (χ0n) is 12.4. The SMILES string of the molecule is NCCC1CCc2ccc(OCCc3ccccc3)cc21. The van der Waals surface area contributed by atoms with E-state index in [-0.39, 0.29) is 0 Å². The first-order chi connectivity index (χ1) is 10.4. The zero-order chi connectivity index (χ0) is 14.5. The summed E-state index contributed by atoms with van der Waals surface area (Å²) in [5, 5.41) is 0. The van der Waals surface area contributed by atoms with Crippen LogP contribution in [0.2, 0.25) is 0 Å². The van der Waals surface area contributed by atoms with Crippen molar-refractivity contribution in [3.63, 3.8) is 0 Å². The van der Waals surface area contributed by atoms with Gasteiger partial charge in [0.2, 0.25) is 0 Å². The highest BCUT2D eigenvalue weighted by Gasteiger charge is 2.22. The van der Waals surface area contributed by atoms with Crippen LogP contribution in [0.15, 0.2) is 48.5 Å². The molecule has 0 aromatic heterocycles. The summed E-state index contributed by atoms with van der Waals surface area (Å²) < 4.78 is 5.93. The van der Waals surface area contributed by atoms with Crippen LogP contribution >= 0.6 is 0 Å². The largest absolute Gasteiger partial charge is 0.493 e. The summed E-state index contributed by atoms with van der Waals surface area (Å²) in [5.41, 5.74) is 9.97. The first-order valence-electron chi connectivity index (χ1n) is 7.86. The van der Waals surface area contributed by atoms with E-state index in [1.807, 2.05) is 6.07 Å². The summed E-state index contributed by atoms with van der Waals surface area (Å²) in [5.74, 6) is 1.62. The molecular formula is C19H23NO. The molecule has 2 N–H and O–H groups in total. The van der Waals surface area contributed by atoms with Gasteiger partial charge in [-0.15, -0.1) is 0 Å². The van der Waals surface area contributed by atoms with E-state index in [1.54, 1.807) is 0 Å². The minimum atomic E-state index is 0.627. The second-order valence-electron chi connectivity index (χ2n) is 5.76. The highest BCUT2D eigenvalue weighted by atomic mass is 16.5. The number of hydrogen-bond acceptors (Lipinski definition) is 2. The fourth-order valence-electron chi connectivity index (χ4n) is 3.19. The van der Waals surface area contributed by atoms with Gasteiger partial charge in [-0.2, -0.15) is 0 Å². The van der Waals surface area contributed by atoms with Crippen molar-refractivity contribution in [1.82, 2.24) is 0 Å². The highest BCUT2D eigenvalue weighted by molar-refractivity contribution is 5.41. The van der Waals surface area contributed by atoms with Gasteiger partial charge in [0, 0.05) is 6.42 Å². The molecule has 1 unspecified atom stereocenters. The molecule has 0 aliphatic heterocycles. The van der Waals surface area contributed by atoms with Crippen LogP contribution in [0.25, 0.3) is 0 Å². The first-order valence-corrected chi connectivity index (χ1v) is 7.86. The van der Waals surface area contributed by atoms with Gasteiger partial charge in [-0.25, -0.2) is 0 Å². The van der Waals surface area contributed by atoms with Crippen molar-refractivity contribution in [3.8, 4) is 5.75 Å². The molecule has 2 nitrogen and oxygen atoms in total. The molecule has 0 bridgehead atoms. The van der Waals surface area contributed by atoms with Crippen LogP contribution in [0, 0.1) is 0 Å². The van der Waals surface area contributed by atoms with Gasteiger partial charge in [0.25, 0.3) is 0 Å². The average molecular weight is 281 g/mol. The second kappa shape index (κ2) is 6.77. The molecule has 0 saturated carbocycles. The molecule has 0 fully saturated rings. The zero-order valence-corrected chi connectivity index (χ0v) is 12.4. The van der Waals surface area contributed by atoms with Crippen molar-refractivity contribution < 1.29 is 4.74 Å². The number of aryl methyl sites for hydroxylation is 1. The monoisotopic (exact) mass is 281 g/mol. The maximum Gasteiger partial charge on any atom is 0.119 e. The van der Waals surface area contributed by atoms with E-state index in [2.05, 4.69) is 42.5 Å². The van der Waals surface area contributed by atoms with Crippen LogP contribution in [-0.2, 0) is 12.8 Å². The third-order valence-corrected chi connectivity index (χ3v) is 4.34. The quantitative estimate of drug-likeness (QED) is 0.876. The number of hydrogen-bond donors (Lipinski definition) is 1. The predicted molar refractivity (Wildman–Crippen MR) is 86.8 cm³/mol. The smallest absolute Gasteiger partial charge is 0.119 e. The lowest BCUT2D eigenvalue weighted by atomic mass is 9.98. The molecule has 2 aromatic rings. The van der Waals surface area contributed by atoms with Gasteiger partial charge in [-0.05, 0) is 60.5 Å². The minimum absolute atomic E-state index is 0.627. The van der Waals surface area contributed by atoms with Gasteiger partial charge in [0.05, 0.1) is 6.61 Å². The lowest BCUT2D eigenvalue weighted by molar-refractivity contribution is 0.321. The van der Waals surface area contributed by atoms with E-state index in [0.29, 0.717) is 5.92 Å². The van der Waals surface area contributed by atoms with Crippen LogP contribution in [-0.4, -0.2) is 13.2 Å². The summed E-state index contributed by atoms with van der Waals surface area (Å²) in [7, 11) is 0. The normalized spacial score (nSPS) is 16.7. The molecular weight excluding hydrogens is 258 g/mol. The Bertz CT molecular complexity index is 577. The van der Waals surface area contributed by atoms with Gasteiger partial charge in [-0.1, -0.05) is 36.4 Å². The molecule has 0 heterocycles. The molecule has 0 spiro atoms. The van der Waals surface area contributed by atoms with Crippen LogP contribution in [0.5, 0.6) is 5.75 Å². The van der Waals surface area contributed by atoms with Gasteiger partial charge in [0.15, 0.2) is 0 Å². The van der Waals surface area contributed by atoms with Crippen molar-refractivity contribution in [1.29, 1.82) is 0 Å². The molecule has 1 atom stereocenters. The molecule has 110 valence electrons. The van der Waals surface area contributed by atoms with Crippen LogP contribution in [0.3, 0.4) is 0 Å². The first kappa shape index (κ1) is 14.2. The van der Waals surface area contributed by atoms with Crippen LogP contribution < -0.4 is 10.5 Å². The Morgan fingerprint density at radius 1 is 1.10 bits per heavy atom. The number of ether oxygens (including phenoxy) is 1. The standard InChI is InChI=1S/C19H23NO/c20-12-10-17-7-6-16-8-9-18(14-19(16)17)21-13-11-15-4-2-1-3-5-15/h1-5,8-9,14,17H,6-7,10-13,20H2. The molecule has 3 rings (SSSR count). The average Bonchev–Trinajstić information content (AvgIpc) is 2.92. The Morgan fingerprint density at radius 2 is 1.95 bits per heavy atom. The van der Waals surface area contributed by atoms with E-state index in [1.165, 1.54) is 29.5 Å². The Morgan fingerprint density at radius 3 is 2.76 bits per heavy atom. The van der Waals surface area contributed by atoms with Gasteiger partial charge in [-0.3, -0.25) is 0 Å². The Labute approximate surface area is 126 Å². The van der Waals surface area contributed by atoms with E-state index < -0.39 is 0 Å². The molecule has 0 saturated heterocycles. The number of rotatable bonds is 6. The molecule has 2 aromatic carbocycles. The predicted octanol–water partition coefficient (Wildman–Crippen LogP) is 3.69. The van der Waals surface area contributed by atoms with Crippen molar-refractivity contribution >= 4 is 0 Å². The van der Waals surface area contributed by atoms with Crippen molar-refractivity contribution in [3.05, 3.63) is 65.2 Å². The highest BCUT2D eigenvalue weighted by Crippen LogP contribution is 2.37. The van der Waals surface area contributed by atoms with Gasteiger partial charge < -0.3 is 10.5 Å². The topological polar surface area (TPSA) is 35.2 Å². The molecule has 0 radical (unpaired) electrons. The fraction of sp³-hybridized carbons (Fsp3) is 0.368. The Kier molecular flexibility index (Phi) is 4.56. The second-order valence-corrected chi connectivity index (χ2v) is 5.76. The van der Waals surface area contributed by atoms with Gasteiger partial charge >= 0.3 is 0 Å². The molecule has 1 aliphatic carbocycles. The van der Waals surface area contributed by atoms with Crippen LogP contribution in [0.4, 0.5) is 0 Å². The number of benzene rings is 2. The summed E-state index contributed by atoms with van der Waals surface area (Å²) in [6.45, 7) is 1.49. The van der Waals surface area contributed by atoms with E-state index in [9.17, 15) is 0 Å². The van der Waals surface area contributed by atoms with Crippen molar-refractivity contribution in [2.75, 3.05) is 13.2 Å². The lowest BCUT2D eigenvalue weighted by Crippen LogP contribution is -2.05. The molecule has 2 heteroatoms. The number of nitrogens with two attached hydrogens (primary N) is 1. The third-order valence-electron chi connectivity index (χ3n) is 4.34. The summed E-state index contributed by atoms with van der Waals surface area (Å²) in [6, 6.07) is 17.0. The van der Waals surface area contributed by atoms with Crippen molar-refractivity contribution in [2.45, 2.75) is 31.6 Å².